The Kier molecular flexibility index (Phi) is 4.66. The molecule has 1 saturated carbocycles. The van der Waals surface area contributed by atoms with E-state index in [1.807, 2.05) is 0 Å². The summed E-state index contributed by atoms with van der Waals surface area (Å²) >= 11 is 1.32. The Morgan fingerprint density at radius 3 is 2.62 bits per heavy atom. The van der Waals surface area contributed by atoms with E-state index in [-0.39, 0.29) is 18.6 Å². The number of carbonyl (C=O) groups is 4. The van der Waals surface area contributed by atoms with Crippen LogP contribution in [0.5, 0.6) is 0 Å². The molecule has 4 amide bonds. The monoisotopic (exact) mass is 349 g/mol. The number of nitrogens with zero attached hydrogens (tertiary/aromatic N) is 1. The summed E-state index contributed by atoms with van der Waals surface area (Å²) in [6.45, 7) is 0. The largest absolute Gasteiger partial charge is 0.344 e. The highest BCUT2D eigenvalue weighted by Gasteiger charge is 2.52. The number of hydrogen-bond acceptors (Lipinski definition) is 5. The van der Waals surface area contributed by atoms with Crippen molar-refractivity contribution in [2.45, 2.75) is 50.5 Å². The summed E-state index contributed by atoms with van der Waals surface area (Å²) in [7, 11) is 0. The van der Waals surface area contributed by atoms with Crippen molar-refractivity contribution < 1.29 is 19.2 Å². The highest BCUT2D eigenvalue weighted by Crippen LogP contribution is 2.33. The Bertz CT molecular complexity index is 665. The third-order valence-corrected chi connectivity index (χ3v) is 5.39. The van der Waals surface area contributed by atoms with Gasteiger partial charge in [0.2, 0.25) is 5.91 Å². The van der Waals surface area contributed by atoms with E-state index in [9.17, 15) is 19.2 Å². The van der Waals surface area contributed by atoms with E-state index in [4.69, 9.17) is 0 Å². The van der Waals surface area contributed by atoms with E-state index in [0.29, 0.717) is 17.7 Å². The van der Waals surface area contributed by atoms with Gasteiger partial charge in [0.15, 0.2) is 5.78 Å². The Morgan fingerprint density at radius 1 is 1.21 bits per heavy atom. The predicted molar refractivity (Wildman–Crippen MR) is 87.2 cm³/mol. The topological polar surface area (TPSA) is 95.6 Å². The predicted octanol–water partition coefficient (Wildman–Crippen LogP) is 2.00. The maximum Gasteiger partial charge on any atom is 0.344 e. The summed E-state index contributed by atoms with van der Waals surface area (Å²) < 4.78 is 0. The third kappa shape index (κ3) is 3.19. The van der Waals surface area contributed by atoms with Crippen molar-refractivity contribution in [2.24, 2.45) is 0 Å². The molecule has 128 valence electrons. The molecule has 0 bridgehead atoms. The molecule has 1 aromatic rings. The second kappa shape index (κ2) is 6.72. The van der Waals surface area contributed by atoms with E-state index >= 15 is 0 Å². The minimum absolute atomic E-state index is 0.0428. The maximum atomic E-state index is 12.5. The molecule has 3 rings (SSSR count). The summed E-state index contributed by atoms with van der Waals surface area (Å²) in [5.74, 6) is -1.04. The molecular weight excluding hydrogens is 330 g/mol. The first-order chi connectivity index (χ1) is 11.5. The lowest BCUT2D eigenvalue weighted by atomic mass is 9.82. The van der Waals surface area contributed by atoms with Gasteiger partial charge < -0.3 is 5.32 Å². The Labute approximate surface area is 143 Å². The zero-order chi connectivity index (χ0) is 17.2. The molecule has 8 heteroatoms. The van der Waals surface area contributed by atoms with Crippen LogP contribution in [0, 0.1) is 0 Å². The molecule has 1 aromatic heterocycles. The normalized spacial score (nSPS) is 19.4. The highest BCUT2D eigenvalue weighted by molar-refractivity contribution is 7.12. The summed E-state index contributed by atoms with van der Waals surface area (Å²) in [6, 6.07) is 2.88. The van der Waals surface area contributed by atoms with Gasteiger partial charge in [0.05, 0.1) is 4.88 Å². The van der Waals surface area contributed by atoms with Crippen molar-refractivity contribution in [2.75, 3.05) is 0 Å². The van der Waals surface area contributed by atoms with Crippen molar-refractivity contribution in [3.05, 3.63) is 22.4 Å². The smallest absolute Gasteiger partial charge is 0.322 e. The number of Topliss-reactive ketones (excluding diaryl/α,β-unsaturated/α-hetero) is 1. The minimum atomic E-state index is -0.866. The number of thiophene rings is 1. The van der Waals surface area contributed by atoms with Crippen LogP contribution in [0.3, 0.4) is 0 Å². The summed E-state index contributed by atoms with van der Waals surface area (Å²) in [6.07, 6.45) is 3.97. The van der Waals surface area contributed by atoms with Gasteiger partial charge >= 0.3 is 6.03 Å². The molecule has 0 aromatic carbocycles. The van der Waals surface area contributed by atoms with E-state index < -0.39 is 23.4 Å². The van der Waals surface area contributed by atoms with Crippen molar-refractivity contribution in [1.82, 2.24) is 15.8 Å². The van der Waals surface area contributed by atoms with Crippen molar-refractivity contribution >= 4 is 35.0 Å². The minimum Gasteiger partial charge on any atom is -0.322 e. The van der Waals surface area contributed by atoms with Crippen LogP contribution >= 0.6 is 11.3 Å². The van der Waals surface area contributed by atoms with Crippen molar-refractivity contribution in [3.8, 4) is 0 Å². The molecule has 1 saturated heterocycles. The molecule has 0 atom stereocenters. The van der Waals surface area contributed by atoms with Crippen LogP contribution in [-0.2, 0) is 9.59 Å². The van der Waals surface area contributed by atoms with Crippen molar-refractivity contribution in [1.29, 1.82) is 0 Å². The molecule has 0 unspecified atom stereocenters. The molecule has 2 aliphatic rings. The fraction of sp³-hybridized carbons (Fsp3) is 0.500. The molecule has 1 spiro atoms. The van der Waals surface area contributed by atoms with Gasteiger partial charge in [0.1, 0.15) is 5.54 Å². The van der Waals surface area contributed by atoms with Gasteiger partial charge in [-0.15, -0.1) is 11.3 Å². The lowest BCUT2D eigenvalue weighted by molar-refractivity contribution is -0.139. The first kappa shape index (κ1) is 16.6. The lowest BCUT2D eigenvalue weighted by Gasteiger charge is -2.30. The maximum absolute atomic E-state index is 12.5. The van der Waals surface area contributed by atoms with Crippen LogP contribution in [0.4, 0.5) is 4.79 Å². The summed E-state index contributed by atoms with van der Waals surface area (Å²) in [4.78, 5) is 49.0. The van der Waals surface area contributed by atoms with Gasteiger partial charge in [-0.25, -0.2) is 4.79 Å². The number of imide groups is 1. The van der Waals surface area contributed by atoms with E-state index in [1.54, 1.807) is 17.5 Å². The Balaban J connectivity index is 1.55. The fourth-order valence-electron chi connectivity index (χ4n) is 3.18. The number of hydrogen-bond donors (Lipinski definition) is 2. The van der Waals surface area contributed by atoms with Gasteiger partial charge in [0.25, 0.3) is 5.91 Å². The average molecular weight is 349 g/mol. The first-order valence-corrected chi connectivity index (χ1v) is 8.93. The Hall–Kier alpha value is -2.22. The molecule has 0 radical (unpaired) electrons. The number of urea groups is 1. The van der Waals surface area contributed by atoms with Crippen LogP contribution in [0.25, 0.3) is 0 Å². The van der Waals surface area contributed by atoms with E-state index in [0.717, 1.165) is 24.3 Å². The molecule has 2 fully saturated rings. The number of nitrogens with one attached hydrogen (secondary N) is 2. The van der Waals surface area contributed by atoms with Crippen LogP contribution < -0.4 is 10.7 Å². The first-order valence-electron chi connectivity index (χ1n) is 8.05. The van der Waals surface area contributed by atoms with Gasteiger partial charge in [0, 0.05) is 12.8 Å². The van der Waals surface area contributed by atoms with Crippen LogP contribution in [-0.4, -0.2) is 34.2 Å². The van der Waals surface area contributed by atoms with Crippen LogP contribution in [0.15, 0.2) is 17.5 Å². The van der Waals surface area contributed by atoms with Crippen LogP contribution in [0.2, 0.25) is 0 Å². The quantitative estimate of drug-likeness (QED) is 0.628. The van der Waals surface area contributed by atoms with Gasteiger partial charge in [-0.1, -0.05) is 25.3 Å². The molecule has 24 heavy (non-hydrogen) atoms. The molecular formula is C16H19N3O4S. The average Bonchev–Trinajstić information content (AvgIpc) is 3.18. The number of carbonyl (C=O) groups excluding carboxylic acids is 4. The Morgan fingerprint density at radius 2 is 1.96 bits per heavy atom. The zero-order valence-corrected chi connectivity index (χ0v) is 14.0. The second-order valence-corrected chi connectivity index (χ2v) is 7.10. The van der Waals surface area contributed by atoms with Gasteiger partial charge in [-0.3, -0.25) is 19.8 Å². The number of amides is 4. The summed E-state index contributed by atoms with van der Waals surface area (Å²) in [5.41, 5.74) is 1.47. The standard InChI is InChI=1S/C16H19N3O4S/c20-11(12-5-4-10-24-12)6-7-13(21)18-19-14(22)16(17-15(19)23)8-2-1-3-9-16/h4-5,10H,1-3,6-9H2,(H,17,23)(H,18,21). The molecule has 1 aliphatic heterocycles. The second-order valence-electron chi connectivity index (χ2n) is 6.15. The number of ketones is 1. The molecule has 2 heterocycles. The summed E-state index contributed by atoms with van der Waals surface area (Å²) in [5, 5.41) is 5.28. The molecule has 1 aliphatic carbocycles. The van der Waals surface area contributed by atoms with E-state index in [1.165, 1.54) is 11.3 Å². The fourth-order valence-corrected chi connectivity index (χ4v) is 3.88. The molecule has 2 N–H and O–H groups in total. The van der Waals surface area contributed by atoms with Crippen molar-refractivity contribution in [3.63, 3.8) is 0 Å². The SMILES string of the molecule is O=C(CCC(=O)c1cccs1)NN1C(=O)NC2(CCCCC2)C1=O. The lowest BCUT2D eigenvalue weighted by Crippen LogP contribution is -2.50. The highest BCUT2D eigenvalue weighted by atomic mass is 32.1. The number of rotatable bonds is 5. The van der Waals surface area contributed by atoms with Gasteiger partial charge in [-0.05, 0) is 24.3 Å². The third-order valence-electron chi connectivity index (χ3n) is 4.48. The van der Waals surface area contributed by atoms with Crippen LogP contribution in [0.1, 0.15) is 54.6 Å². The number of hydrazine groups is 1. The van der Waals surface area contributed by atoms with E-state index in [2.05, 4.69) is 10.7 Å². The molecule has 7 nitrogen and oxygen atoms in total. The van der Waals surface area contributed by atoms with Gasteiger partial charge in [-0.2, -0.15) is 5.01 Å². The zero-order valence-electron chi connectivity index (χ0n) is 13.2.